The highest BCUT2D eigenvalue weighted by atomic mass is 16.4. The summed E-state index contributed by atoms with van der Waals surface area (Å²) in [4.78, 5) is 13.4. The largest absolute Gasteiger partial charge is 0.478 e. The Morgan fingerprint density at radius 3 is 1.55 bits per heavy atom. The fourth-order valence-corrected chi connectivity index (χ4v) is 5.06. The summed E-state index contributed by atoms with van der Waals surface area (Å²) in [5, 5.41) is 9.14. The van der Waals surface area contributed by atoms with Gasteiger partial charge in [-0.15, -0.1) is 0 Å². The topological polar surface area (TPSA) is 40.5 Å². The van der Waals surface area contributed by atoms with Crippen LogP contribution < -0.4 is 4.90 Å². The van der Waals surface area contributed by atoms with E-state index in [1.165, 1.54) is 27.8 Å². The lowest BCUT2D eigenvalue weighted by Gasteiger charge is -2.22. The van der Waals surface area contributed by atoms with Crippen molar-refractivity contribution in [2.45, 2.75) is 0 Å². The summed E-state index contributed by atoms with van der Waals surface area (Å²) < 4.78 is 0. The van der Waals surface area contributed by atoms with Crippen LogP contribution in [0.15, 0.2) is 140 Å². The fraction of sp³-hybridized carbons (Fsp3) is 0. The summed E-state index contributed by atoms with van der Waals surface area (Å²) >= 11 is 0. The molecule has 5 aromatic carbocycles. The van der Waals surface area contributed by atoms with Gasteiger partial charge in [0.15, 0.2) is 0 Å². The zero-order valence-electron chi connectivity index (χ0n) is 21.9. The molecule has 0 amide bonds. The van der Waals surface area contributed by atoms with Crippen molar-refractivity contribution >= 4 is 40.6 Å². The molecule has 40 heavy (non-hydrogen) atoms. The standard InChI is InChI=1S/C37H27NO2/c1-26(37(39)40)29-21-17-27(18-22-29)15-16-28-19-23-31(24-20-28)38(30-9-3-2-4-10-30)25-36-34-13-7-5-11-32(34)33-12-6-8-14-35(33)36/h2-25H,1H2,(H,39,40). The van der Waals surface area contributed by atoms with E-state index in [1.807, 2.05) is 24.3 Å². The molecular formula is C37H27NO2. The molecule has 0 radical (unpaired) electrons. The smallest absolute Gasteiger partial charge is 0.335 e. The minimum absolute atomic E-state index is 0.0913. The zero-order valence-corrected chi connectivity index (χ0v) is 21.9. The van der Waals surface area contributed by atoms with Gasteiger partial charge in [-0.1, -0.05) is 122 Å². The number of rotatable bonds is 7. The van der Waals surface area contributed by atoms with Crippen LogP contribution in [0.3, 0.4) is 0 Å². The lowest BCUT2D eigenvalue weighted by molar-refractivity contribution is -0.130. The predicted molar refractivity (Wildman–Crippen MR) is 166 cm³/mol. The molecular weight excluding hydrogens is 490 g/mol. The monoisotopic (exact) mass is 517 g/mol. The zero-order chi connectivity index (χ0) is 27.5. The predicted octanol–water partition coefficient (Wildman–Crippen LogP) is 9.16. The summed E-state index contributed by atoms with van der Waals surface area (Å²) in [7, 11) is 0. The summed E-state index contributed by atoms with van der Waals surface area (Å²) in [6, 6.07) is 43.4. The molecule has 1 aliphatic rings. The molecule has 0 spiro atoms. The average molecular weight is 518 g/mol. The normalized spacial score (nSPS) is 11.7. The summed E-state index contributed by atoms with van der Waals surface area (Å²) in [6.45, 7) is 3.62. The van der Waals surface area contributed by atoms with E-state index in [9.17, 15) is 4.79 Å². The minimum Gasteiger partial charge on any atom is -0.478 e. The third kappa shape index (κ3) is 4.89. The Balaban J connectivity index is 1.32. The first-order valence-corrected chi connectivity index (χ1v) is 13.1. The van der Waals surface area contributed by atoms with Crippen LogP contribution in [0.1, 0.15) is 27.8 Å². The molecule has 192 valence electrons. The minimum atomic E-state index is -1.01. The second-order valence-electron chi connectivity index (χ2n) is 9.67. The van der Waals surface area contributed by atoms with Crippen LogP contribution in [-0.2, 0) is 4.79 Å². The van der Waals surface area contributed by atoms with Gasteiger partial charge in [-0.05, 0) is 63.2 Å². The Hall–Kier alpha value is -5.41. The number of para-hydroxylation sites is 1. The molecule has 0 bridgehead atoms. The summed E-state index contributed by atoms with van der Waals surface area (Å²) in [5.74, 6) is -1.01. The first kappa shape index (κ1) is 24.9. The van der Waals surface area contributed by atoms with Gasteiger partial charge in [0, 0.05) is 23.1 Å². The molecule has 6 rings (SSSR count). The molecule has 0 atom stereocenters. The van der Waals surface area contributed by atoms with Gasteiger partial charge in [-0.3, -0.25) is 0 Å². The Labute approximate surface area is 234 Å². The number of nitrogens with zero attached hydrogens (tertiary/aromatic N) is 1. The fourth-order valence-electron chi connectivity index (χ4n) is 5.06. The number of fused-ring (bicyclic) bond motifs is 3. The molecule has 0 aliphatic heterocycles. The lowest BCUT2D eigenvalue weighted by atomic mass is 10.0. The van der Waals surface area contributed by atoms with Gasteiger partial charge in [0.2, 0.25) is 0 Å². The van der Waals surface area contributed by atoms with E-state index in [2.05, 4.69) is 121 Å². The molecule has 1 N–H and O–H groups in total. The Bertz CT molecular complexity index is 1710. The van der Waals surface area contributed by atoms with E-state index in [4.69, 9.17) is 5.11 Å². The highest BCUT2D eigenvalue weighted by Crippen LogP contribution is 2.45. The van der Waals surface area contributed by atoms with E-state index in [1.54, 1.807) is 12.1 Å². The van der Waals surface area contributed by atoms with Gasteiger partial charge >= 0.3 is 5.97 Å². The van der Waals surface area contributed by atoms with Crippen molar-refractivity contribution < 1.29 is 9.90 Å². The van der Waals surface area contributed by atoms with Crippen LogP contribution in [0.2, 0.25) is 0 Å². The molecule has 0 saturated heterocycles. The van der Waals surface area contributed by atoms with E-state index >= 15 is 0 Å². The van der Waals surface area contributed by atoms with Crippen LogP contribution in [0.25, 0.3) is 34.4 Å². The first-order chi connectivity index (χ1) is 19.6. The van der Waals surface area contributed by atoms with Crippen molar-refractivity contribution in [2.24, 2.45) is 0 Å². The van der Waals surface area contributed by atoms with Crippen LogP contribution in [-0.4, -0.2) is 11.1 Å². The van der Waals surface area contributed by atoms with Crippen molar-refractivity contribution in [3.05, 3.63) is 168 Å². The quantitative estimate of drug-likeness (QED) is 0.170. The number of carboxylic acid groups (broad SMARTS) is 1. The SMILES string of the molecule is C=C(C(=O)O)c1ccc(C=Cc2ccc(N(C=C3c4ccccc4-c4ccccc43)c3ccccc3)cc2)cc1. The second kappa shape index (κ2) is 10.8. The maximum atomic E-state index is 11.1. The van der Waals surface area contributed by atoms with Crippen molar-refractivity contribution in [3.63, 3.8) is 0 Å². The molecule has 0 heterocycles. The third-order valence-electron chi connectivity index (χ3n) is 7.17. The Morgan fingerprint density at radius 1 is 0.575 bits per heavy atom. The molecule has 1 aliphatic carbocycles. The van der Waals surface area contributed by atoms with Gasteiger partial charge in [-0.2, -0.15) is 0 Å². The molecule has 0 saturated carbocycles. The van der Waals surface area contributed by atoms with Crippen LogP contribution >= 0.6 is 0 Å². The number of benzene rings is 5. The number of carboxylic acids is 1. The number of aliphatic carboxylic acids is 1. The number of carbonyl (C=O) groups is 1. The van der Waals surface area contributed by atoms with Gasteiger partial charge in [0.05, 0.1) is 5.57 Å². The average Bonchev–Trinajstić information content (AvgIpc) is 3.33. The van der Waals surface area contributed by atoms with Gasteiger partial charge in [0.25, 0.3) is 0 Å². The van der Waals surface area contributed by atoms with Gasteiger partial charge in [-0.25, -0.2) is 4.79 Å². The van der Waals surface area contributed by atoms with Gasteiger partial charge in [0.1, 0.15) is 0 Å². The van der Waals surface area contributed by atoms with Gasteiger partial charge < -0.3 is 10.0 Å². The molecule has 0 aromatic heterocycles. The lowest BCUT2D eigenvalue weighted by Crippen LogP contribution is -2.09. The third-order valence-corrected chi connectivity index (χ3v) is 7.17. The van der Waals surface area contributed by atoms with Crippen molar-refractivity contribution in [3.8, 4) is 11.1 Å². The molecule has 3 nitrogen and oxygen atoms in total. The van der Waals surface area contributed by atoms with E-state index in [-0.39, 0.29) is 5.57 Å². The number of hydrogen-bond acceptors (Lipinski definition) is 2. The molecule has 0 fully saturated rings. The maximum Gasteiger partial charge on any atom is 0.335 e. The number of anilines is 2. The van der Waals surface area contributed by atoms with Crippen molar-refractivity contribution in [2.75, 3.05) is 4.90 Å². The second-order valence-corrected chi connectivity index (χ2v) is 9.67. The highest BCUT2D eigenvalue weighted by Gasteiger charge is 2.23. The molecule has 5 aromatic rings. The summed E-state index contributed by atoms with van der Waals surface area (Å²) in [5.41, 5.74) is 11.1. The van der Waals surface area contributed by atoms with E-state index in [0.717, 1.165) is 22.5 Å². The number of hydrogen-bond donors (Lipinski definition) is 1. The Morgan fingerprint density at radius 2 is 1.02 bits per heavy atom. The first-order valence-electron chi connectivity index (χ1n) is 13.1. The highest BCUT2D eigenvalue weighted by molar-refractivity contribution is 6.14. The van der Waals surface area contributed by atoms with Crippen molar-refractivity contribution in [1.29, 1.82) is 0 Å². The van der Waals surface area contributed by atoms with Crippen LogP contribution in [0.4, 0.5) is 11.4 Å². The Kier molecular flexibility index (Phi) is 6.70. The van der Waals surface area contributed by atoms with E-state index < -0.39 is 5.97 Å². The molecule has 3 heteroatoms. The van der Waals surface area contributed by atoms with Crippen molar-refractivity contribution in [1.82, 2.24) is 0 Å². The van der Waals surface area contributed by atoms with E-state index in [0.29, 0.717) is 5.56 Å². The summed E-state index contributed by atoms with van der Waals surface area (Å²) in [6.07, 6.45) is 6.32. The van der Waals surface area contributed by atoms with Crippen LogP contribution in [0, 0.1) is 0 Å². The molecule has 0 unspecified atom stereocenters. The van der Waals surface area contributed by atoms with Crippen LogP contribution in [0.5, 0.6) is 0 Å². The maximum absolute atomic E-state index is 11.1.